The van der Waals surface area contributed by atoms with Crippen molar-refractivity contribution in [2.45, 2.75) is 53.1 Å². The number of amides is 1. The van der Waals surface area contributed by atoms with Crippen molar-refractivity contribution >= 4 is 6.09 Å². The van der Waals surface area contributed by atoms with E-state index >= 15 is 0 Å². The van der Waals surface area contributed by atoms with Gasteiger partial charge in [-0.05, 0) is 70.4 Å². The van der Waals surface area contributed by atoms with Gasteiger partial charge in [0.2, 0.25) is 0 Å². The quantitative estimate of drug-likeness (QED) is 0.808. The lowest BCUT2D eigenvalue weighted by Crippen LogP contribution is -2.56. The monoisotopic (exact) mass is 296 g/mol. The summed E-state index contributed by atoms with van der Waals surface area (Å²) >= 11 is 0. The number of hydrogen-bond acceptors (Lipinski definition) is 3. The minimum Gasteiger partial charge on any atom is -0.444 e. The van der Waals surface area contributed by atoms with Crippen LogP contribution in [-0.4, -0.2) is 42.8 Å². The Hall–Kier alpha value is -0.770. The molecule has 2 heterocycles. The Morgan fingerprint density at radius 3 is 2.52 bits per heavy atom. The second kappa shape index (κ2) is 6.55. The van der Waals surface area contributed by atoms with E-state index in [2.05, 4.69) is 19.2 Å². The van der Waals surface area contributed by atoms with E-state index in [1.54, 1.807) is 0 Å². The molecule has 2 rings (SSSR count). The average molecular weight is 296 g/mol. The molecule has 2 aliphatic heterocycles. The minimum absolute atomic E-state index is 0.154. The van der Waals surface area contributed by atoms with Crippen molar-refractivity contribution < 1.29 is 9.53 Å². The highest BCUT2D eigenvalue weighted by atomic mass is 16.6. The van der Waals surface area contributed by atoms with E-state index in [-0.39, 0.29) is 6.09 Å². The minimum atomic E-state index is -0.396. The van der Waals surface area contributed by atoms with E-state index in [1.807, 2.05) is 25.7 Å². The van der Waals surface area contributed by atoms with Crippen LogP contribution in [0.3, 0.4) is 0 Å². The largest absolute Gasteiger partial charge is 0.444 e. The van der Waals surface area contributed by atoms with Crippen LogP contribution in [0, 0.1) is 23.7 Å². The zero-order chi connectivity index (χ0) is 15.6. The normalized spacial score (nSPS) is 32.0. The predicted octanol–water partition coefficient (Wildman–Crippen LogP) is 3.13. The Bertz CT molecular complexity index is 358. The molecular formula is C17H32N2O2. The van der Waals surface area contributed by atoms with Crippen molar-refractivity contribution in [1.82, 2.24) is 10.2 Å². The van der Waals surface area contributed by atoms with E-state index in [0.29, 0.717) is 11.8 Å². The third-order valence-electron chi connectivity index (χ3n) is 4.87. The van der Waals surface area contributed by atoms with Crippen molar-refractivity contribution in [3.63, 3.8) is 0 Å². The molecule has 2 aliphatic rings. The van der Waals surface area contributed by atoms with Gasteiger partial charge in [0.15, 0.2) is 0 Å². The van der Waals surface area contributed by atoms with Gasteiger partial charge in [0.1, 0.15) is 5.60 Å². The van der Waals surface area contributed by atoms with Gasteiger partial charge in [-0.25, -0.2) is 4.79 Å². The number of nitrogens with one attached hydrogen (secondary N) is 1. The number of nitrogens with zero attached hydrogens (tertiary/aromatic N) is 1. The molecule has 0 aromatic rings. The van der Waals surface area contributed by atoms with Gasteiger partial charge in [0, 0.05) is 13.1 Å². The summed E-state index contributed by atoms with van der Waals surface area (Å²) in [6.45, 7) is 14.4. The topological polar surface area (TPSA) is 41.6 Å². The van der Waals surface area contributed by atoms with E-state index in [9.17, 15) is 4.79 Å². The molecule has 0 aromatic heterocycles. The van der Waals surface area contributed by atoms with Gasteiger partial charge in [-0.15, -0.1) is 0 Å². The van der Waals surface area contributed by atoms with E-state index in [1.165, 1.54) is 12.8 Å². The highest BCUT2D eigenvalue weighted by molar-refractivity contribution is 5.69. The summed E-state index contributed by atoms with van der Waals surface area (Å²) in [5.74, 6) is 2.85. The molecule has 1 amide bonds. The maximum atomic E-state index is 12.0. The standard InChI is InChI=1S/C17H32N2O2/c1-12-6-7-18-9-15(13(2)8-12)14-10-19(11-14)16(20)21-17(3,4)5/h12-15,18H,6-11H2,1-5H3. The lowest BCUT2D eigenvalue weighted by atomic mass is 9.74. The van der Waals surface area contributed by atoms with Crippen molar-refractivity contribution in [2.24, 2.45) is 23.7 Å². The number of rotatable bonds is 1. The van der Waals surface area contributed by atoms with Crippen LogP contribution in [0.5, 0.6) is 0 Å². The maximum absolute atomic E-state index is 12.0. The molecule has 3 unspecified atom stereocenters. The Morgan fingerprint density at radius 2 is 1.90 bits per heavy atom. The van der Waals surface area contributed by atoms with Gasteiger partial charge in [0.05, 0.1) is 0 Å². The summed E-state index contributed by atoms with van der Waals surface area (Å²) < 4.78 is 5.44. The molecule has 0 radical (unpaired) electrons. The number of carbonyl (C=O) groups is 1. The number of hydrogen-bond donors (Lipinski definition) is 1. The molecule has 0 aromatic carbocycles. The average Bonchev–Trinajstić information content (AvgIpc) is 2.25. The summed E-state index contributed by atoms with van der Waals surface area (Å²) in [5.41, 5.74) is -0.396. The smallest absolute Gasteiger partial charge is 0.410 e. The molecule has 4 nitrogen and oxygen atoms in total. The molecule has 0 bridgehead atoms. The lowest BCUT2D eigenvalue weighted by molar-refractivity contribution is -0.0184. The molecule has 122 valence electrons. The Morgan fingerprint density at radius 1 is 1.24 bits per heavy atom. The van der Waals surface area contributed by atoms with Crippen molar-refractivity contribution in [3.8, 4) is 0 Å². The summed E-state index contributed by atoms with van der Waals surface area (Å²) in [6.07, 6.45) is 2.44. The highest BCUT2D eigenvalue weighted by Crippen LogP contribution is 2.34. The van der Waals surface area contributed by atoms with E-state index < -0.39 is 5.60 Å². The van der Waals surface area contributed by atoms with Crippen LogP contribution < -0.4 is 5.32 Å². The molecule has 0 aliphatic carbocycles. The molecule has 0 saturated carbocycles. The van der Waals surface area contributed by atoms with E-state index in [0.717, 1.165) is 38.0 Å². The van der Waals surface area contributed by atoms with Crippen molar-refractivity contribution in [2.75, 3.05) is 26.2 Å². The van der Waals surface area contributed by atoms with Gasteiger partial charge in [0.25, 0.3) is 0 Å². The Balaban J connectivity index is 1.83. The molecule has 3 atom stereocenters. The van der Waals surface area contributed by atoms with Gasteiger partial charge in [-0.2, -0.15) is 0 Å². The zero-order valence-electron chi connectivity index (χ0n) is 14.3. The molecule has 2 fully saturated rings. The van der Waals surface area contributed by atoms with E-state index in [4.69, 9.17) is 4.74 Å². The number of likely N-dealkylation sites (tertiary alicyclic amines) is 1. The van der Waals surface area contributed by atoms with Crippen LogP contribution in [0.4, 0.5) is 4.79 Å². The lowest BCUT2D eigenvalue weighted by Gasteiger charge is -2.46. The van der Waals surface area contributed by atoms with Gasteiger partial charge >= 0.3 is 6.09 Å². The van der Waals surface area contributed by atoms with Crippen molar-refractivity contribution in [3.05, 3.63) is 0 Å². The third kappa shape index (κ3) is 4.60. The van der Waals surface area contributed by atoms with Crippen LogP contribution in [0.2, 0.25) is 0 Å². The van der Waals surface area contributed by atoms with Crippen molar-refractivity contribution in [1.29, 1.82) is 0 Å². The van der Waals surface area contributed by atoms with Crippen LogP contribution in [0.15, 0.2) is 0 Å². The second-order valence-electron chi connectivity index (χ2n) is 8.12. The SMILES string of the molecule is CC1CCNCC(C2CN(C(=O)OC(C)(C)C)C2)C(C)C1. The van der Waals surface area contributed by atoms with Crippen LogP contribution in [0.25, 0.3) is 0 Å². The molecule has 2 saturated heterocycles. The van der Waals surface area contributed by atoms with Gasteiger partial charge < -0.3 is 15.0 Å². The second-order valence-corrected chi connectivity index (χ2v) is 8.12. The summed E-state index contributed by atoms with van der Waals surface area (Å²) in [5, 5.41) is 3.59. The molecule has 4 heteroatoms. The first kappa shape index (κ1) is 16.6. The number of carbonyl (C=O) groups excluding carboxylic acids is 1. The molecule has 21 heavy (non-hydrogen) atoms. The molecule has 0 spiro atoms. The first-order chi connectivity index (χ1) is 9.76. The fraction of sp³-hybridized carbons (Fsp3) is 0.941. The molecule has 1 N–H and O–H groups in total. The fourth-order valence-electron chi connectivity index (χ4n) is 3.64. The summed E-state index contributed by atoms with van der Waals surface area (Å²) in [4.78, 5) is 13.9. The van der Waals surface area contributed by atoms with Crippen LogP contribution >= 0.6 is 0 Å². The first-order valence-corrected chi connectivity index (χ1v) is 8.45. The third-order valence-corrected chi connectivity index (χ3v) is 4.87. The van der Waals surface area contributed by atoms with Crippen LogP contribution in [-0.2, 0) is 4.74 Å². The van der Waals surface area contributed by atoms with Gasteiger partial charge in [-0.3, -0.25) is 0 Å². The summed E-state index contributed by atoms with van der Waals surface area (Å²) in [6, 6.07) is 0. The molecular weight excluding hydrogens is 264 g/mol. The fourth-order valence-corrected chi connectivity index (χ4v) is 3.64. The van der Waals surface area contributed by atoms with Crippen LogP contribution in [0.1, 0.15) is 47.5 Å². The zero-order valence-corrected chi connectivity index (χ0v) is 14.3. The van der Waals surface area contributed by atoms with Gasteiger partial charge in [-0.1, -0.05) is 13.8 Å². The Labute approximate surface area is 129 Å². The highest BCUT2D eigenvalue weighted by Gasteiger charge is 2.40. The first-order valence-electron chi connectivity index (χ1n) is 8.45. The summed E-state index contributed by atoms with van der Waals surface area (Å²) in [7, 11) is 0. The maximum Gasteiger partial charge on any atom is 0.410 e. The predicted molar refractivity (Wildman–Crippen MR) is 85.2 cm³/mol. The number of ether oxygens (including phenoxy) is 1. The Kier molecular flexibility index (Phi) is 5.18.